The predicted octanol–water partition coefficient (Wildman–Crippen LogP) is 3.87. The van der Waals surface area contributed by atoms with Gasteiger partial charge in [0.05, 0.1) is 23.7 Å². The highest BCUT2D eigenvalue weighted by atomic mass is 16.6. The Kier molecular flexibility index (Phi) is 4.56. The lowest BCUT2D eigenvalue weighted by molar-refractivity contribution is -0.198. The van der Waals surface area contributed by atoms with Gasteiger partial charge in [-0.25, -0.2) is 0 Å². The minimum atomic E-state index is -0.767. The fourth-order valence-corrected chi connectivity index (χ4v) is 10.8. The monoisotopic (exact) mass is 484 g/mol. The topological polar surface area (TPSA) is 104 Å². The molecule has 2 spiro atoms. The summed E-state index contributed by atoms with van der Waals surface area (Å²) in [6.45, 7) is 10.4. The number of fused-ring (bicyclic) bond motifs is 6. The van der Waals surface area contributed by atoms with Crippen molar-refractivity contribution < 1.29 is 33.4 Å². The van der Waals surface area contributed by atoms with E-state index in [1.165, 1.54) is 0 Å². The molecule has 10 unspecified atom stereocenters. The van der Waals surface area contributed by atoms with Gasteiger partial charge in [0.1, 0.15) is 5.78 Å². The summed E-state index contributed by atoms with van der Waals surface area (Å²) in [6.07, 6.45) is 5.14. The van der Waals surface area contributed by atoms with Gasteiger partial charge in [-0.3, -0.25) is 24.0 Å². The predicted molar refractivity (Wildman–Crippen MR) is 122 cm³/mol. The van der Waals surface area contributed by atoms with Gasteiger partial charge in [-0.1, -0.05) is 41.0 Å². The fraction of sp³-hybridized carbons (Fsp3) is 0.821. The maximum atomic E-state index is 15.3. The molecule has 2 aliphatic heterocycles. The smallest absolute Gasteiger partial charge is 0.317 e. The molecule has 6 fully saturated rings. The Morgan fingerprint density at radius 1 is 0.829 bits per heavy atom. The summed E-state index contributed by atoms with van der Waals surface area (Å²) in [5.74, 6) is -4.29. The molecule has 2 saturated heterocycles. The van der Waals surface area contributed by atoms with E-state index in [1.54, 1.807) is 6.92 Å². The van der Waals surface area contributed by atoms with Crippen molar-refractivity contribution in [2.75, 3.05) is 0 Å². The van der Waals surface area contributed by atoms with Crippen molar-refractivity contribution >= 4 is 29.7 Å². The third kappa shape index (κ3) is 2.41. The van der Waals surface area contributed by atoms with Crippen LogP contribution in [0.5, 0.6) is 0 Å². The Balaban J connectivity index is 1.52. The van der Waals surface area contributed by atoms with Crippen molar-refractivity contribution in [1.29, 1.82) is 0 Å². The van der Waals surface area contributed by atoms with E-state index in [0.29, 0.717) is 25.7 Å². The molecular formula is C28H36O7. The van der Waals surface area contributed by atoms with Crippen LogP contribution in [0.1, 0.15) is 79.6 Å². The van der Waals surface area contributed by atoms with Crippen LogP contribution >= 0.6 is 0 Å². The van der Waals surface area contributed by atoms with Crippen LogP contribution in [0.15, 0.2) is 0 Å². The highest BCUT2D eigenvalue weighted by Crippen LogP contribution is 2.78. The molecule has 6 aliphatic rings. The number of rotatable bonds is 2. The molecule has 0 radical (unpaired) electrons. The molecule has 6 rings (SSSR count). The van der Waals surface area contributed by atoms with Crippen molar-refractivity contribution in [2.24, 2.45) is 63.1 Å². The van der Waals surface area contributed by atoms with E-state index in [9.17, 15) is 19.2 Å². The van der Waals surface area contributed by atoms with Gasteiger partial charge >= 0.3 is 23.9 Å². The van der Waals surface area contributed by atoms with E-state index >= 15 is 4.79 Å². The molecule has 0 aromatic rings. The third-order valence-electron chi connectivity index (χ3n) is 12.1. The highest BCUT2D eigenvalue weighted by molar-refractivity contribution is 6.02. The van der Waals surface area contributed by atoms with Crippen molar-refractivity contribution in [2.45, 2.75) is 79.6 Å². The molecule has 35 heavy (non-hydrogen) atoms. The molecule has 2 bridgehead atoms. The highest BCUT2D eigenvalue weighted by Gasteiger charge is 2.80. The van der Waals surface area contributed by atoms with E-state index in [4.69, 9.17) is 9.47 Å². The first kappa shape index (κ1) is 23.4. The molecule has 0 aromatic carbocycles. The molecule has 190 valence electrons. The van der Waals surface area contributed by atoms with Gasteiger partial charge in [0.2, 0.25) is 0 Å². The maximum absolute atomic E-state index is 15.3. The van der Waals surface area contributed by atoms with Crippen molar-refractivity contribution in [3.63, 3.8) is 0 Å². The van der Waals surface area contributed by atoms with E-state index in [-0.39, 0.29) is 34.4 Å². The van der Waals surface area contributed by atoms with Gasteiger partial charge in [-0.15, -0.1) is 0 Å². The number of Topliss-reactive ketones (excluding diaryl/α,β-unsaturated/α-hetero) is 1. The largest absolute Gasteiger partial charge is 0.393 e. The maximum Gasteiger partial charge on any atom is 0.317 e. The van der Waals surface area contributed by atoms with Crippen LogP contribution in [0.3, 0.4) is 0 Å². The summed E-state index contributed by atoms with van der Waals surface area (Å²) in [5, 5.41) is 0. The molecule has 4 saturated carbocycles. The molecule has 7 heteroatoms. The normalized spacial score (nSPS) is 52.0. The second-order valence-corrected chi connectivity index (χ2v) is 13.4. The molecule has 10 atom stereocenters. The lowest BCUT2D eigenvalue weighted by Crippen LogP contribution is -2.68. The van der Waals surface area contributed by atoms with E-state index in [1.807, 2.05) is 0 Å². The zero-order valence-corrected chi connectivity index (χ0v) is 21.3. The van der Waals surface area contributed by atoms with Gasteiger partial charge in [0, 0.05) is 10.8 Å². The van der Waals surface area contributed by atoms with Crippen LogP contribution in [0.25, 0.3) is 0 Å². The summed E-state index contributed by atoms with van der Waals surface area (Å²) in [7, 11) is 0. The summed E-state index contributed by atoms with van der Waals surface area (Å²) in [6, 6.07) is 0. The van der Waals surface area contributed by atoms with E-state index in [0.717, 1.165) is 19.3 Å². The SMILES string of the molecule is CCC1(C)CC(C)(C)C2(CCCC2C2C(=O)OC(=O)C2C)C(=O)C12CC1CC2C2C(=O)OC(=O)C12. The number of hydrogen-bond acceptors (Lipinski definition) is 7. The first-order chi connectivity index (χ1) is 16.4. The average Bonchev–Trinajstić information content (AvgIpc) is 3.56. The Hall–Kier alpha value is -2.05. The molecule has 2 heterocycles. The Morgan fingerprint density at radius 3 is 2.09 bits per heavy atom. The van der Waals surface area contributed by atoms with Crippen LogP contribution in [-0.2, 0) is 33.4 Å². The number of hydrogen-bond donors (Lipinski definition) is 0. The van der Waals surface area contributed by atoms with Gasteiger partial charge in [0.15, 0.2) is 0 Å². The molecule has 7 nitrogen and oxygen atoms in total. The molecule has 0 aromatic heterocycles. The third-order valence-corrected chi connectivity index (χ3v) is 12.1. The molecule has 0 N–H and O–H groups in total. The van der Waals surface area contributed by atoms with E-state index < -0.39 is 58.4 Å². The summed E-state index contributed by atoms with van der Waals surface area (Å²) < 4.78 is 10.2. The standard InChI is InChI=1S/C28H36O7/c1-6-26(5)12-25(3,4)27(9-7-8-15(27)17-13(2)20(29)34-21(17)30)24(33)28(26)11-14-10-16(28)19-18(14)22(31)35-23(19)32/h13-19H,6-12H2,1-5H3. The first-order valence-corrected chi connectivity index (χ1v) is 13.4. The Morgan fingerprint density at radius 2 is 1.46 bits per heavy atom. The minimum Gasteiger partial charge on any atom is -0.393 e. The van der Waals surface area contributed by atoms with Crippen molar-refractivity contribution in [3.05, 3.63) is 0 Å². The van der Waals surface area contributed by atoms with Crippen molar-refractivity contribution in [1.82, 2.24) is 0 Å². The van der Waals surface area contributed by atoms with Crippen LogP contribution in [0.4, 0.5) is 0 Å². The lowest BCUT2D eigenvalue weighted by atomic mass is 9.35. The minimum absolute atomic E-state index is 0.0196. The zero-order chi connectivity index (χ0) is 25.3. The molecular weight excluding hydrogens is 448 g/mol. The van der Waals surface area contributed by atoms with Gasteiger partial charge in [-0.2, -0.15) is 0 Å². The Labute approximate surface area is 206 Å². The average molecular weight is 485 g/mol. The lowest BCUT2D eigenvalue weighted by Gasteiger charge is -2.66. The number of ether oxygens (including phenoxy) is 2. The zero-order valence-electron chi connectivity index (χ0n) is 21.3. The van der Waals surface area contributed by atoms with Crippen LogP contribution in [0, 0.1) is 63.1 Å². The number of cyclic esters (lactones) is 4. The van der Waals surface area contributed by atoms with Crippen molar-refractivity contribution in [3.8, 4) is 0 Å². The van der Waals surface area contributed by atoms with Gasteiger partial charge in [0.25, 0.3) is 0 Å². The van der Waals surface area contributed by atoms with Gasteiger partial charge in [-0.05, 0) is 67.1 Å². The summed E-state index contributed by atoms with van der Waals surface area (Å²) >= 11 is 0. The van der Waals surface area contributed by atoms with Gasteiger partial charge < -0.3 is 9.47 Å². The van der Waals surface area contributed by atoms with Crippen LogP contribution in [0.2, 0.25) is 0 Å². The number of carbonyl (C=O) groups excluding carboxylic acids is 5. The van der Waals surface area contributed by atoms with Crippen LogP contribution < -0.4 is 0 Å². The Bertz CT molecular complexity index is 1080. The summed E-state index contributed by atoms with van der Waals surface area (Å²) in [4.78, 5) is 66.0. The number of carbonyl (C=O) groups is 5. The summed E-state index contributed by atoms with van der Waals surface area (Å²) in [5.41, 5.74) is -2.22. The number of esters is 4. The molecule has 0 amide bonds. The van der Waals surface area contributed by atoms with E-state index in [2.05, 4.69) is 27.7 Å². The second kappa shape index (κ2) is 6.83. The second-order valence-electron chi connectivity index (χ2n) is 13.4. The quantitative estimate of drug-likeness (QED) is 0.433. The number of ketones is 1. The van der Waals surface area contributed by atoms with Crippen LogP contribution in [-0.4, -0.2) is 29.7 Å². The molecule has 4 aliphatic carbocycles. The fourth-order valence-electron chi connectivity index (χ4n) is 10.8. The first-order valence-electron chi connectivity index (χ1n) is 13.4.